The van der Waals surface area contributed by atoms with Crippen LogP contribution in [0.3, 0.4) is 0 Å². The molecule has 1 aromatic rings. The van der Waals surface area contributed by atoms with Crippen molar-refractivity contribution >= 4 is 23.6 Å². The molecule has 1 aliphatic carbocycles. The van der Waals surface area contributed by atoms with Crippen LogP contribution in [0.5, 0.6) is 0 Å². The van der Waals surface area contributed by atoms with Gasteiger partial charge in [-0.1, -0.05) is 31.4 Å². The highest BCUT2D eigenvalue weighted by Gasteiger charge is 2.20. The first-order valence-electron chi connectivity index (χ1n) is 9.72. The quantitative estimate of drug-likeness (QED) is 0.641. The van der Waals surface area contributed by atoms with Crippen LogP contribution < -0.4 is 16.0 Å². The standard InChI is InChI=1S/C20H29N3O2S/c24-19(22-12-15-6-2-1-3-7-15)14-26-18-9-5-4-8-17(18)20(25)23-16-10-11-21-13-16/h4-5,8-9,15-16,21H,1-3,6-7,10-14H2,(H,22,24)(H,23,25). The minimum atomic E-state index is -0.0515. The molecule has 1 saturated carbocycles. The molecular weight excluding hydrogens is 346 g/mol. The molecule has 5 nitrogen and oxygen atoms in total. The Kier molecular flexibility index (Phi) is 7.38. The molecule has 1 atom stereocenters. The highest BCUT2D eigenvalue weighted by atomic mass is 32.2. The molecule has 2 amide bonds. The molecule has 26 heavy (non-hydrogen) atoms. The zero-order chi connectivity index (χ0) is 18.2. The largest absolute Gasteiger partial charge is 0.355 e. The summed E-state index contributed by atoms with van der Waals surface area (Å²) in [4.78, 5) is 25.6. The van der Waals surface area contributed by atoms with E-state index in [9.17, 15) is 9.59 Å². The Morgan fingerprint density at radius 2 is 1.92 bits per heavy atom. The van der Waals surface area contributed by atoms with Gasteiger partial charge in [-0.2, -0.15) is 0 Å². The number of rotatable bonds is 7. The number of hydrogen-bond donors (Lipinski definition) is 3. The van der Waals surface area contributed by atoms with Crippen molar-refractivity contribution in [3.63, 3.8) is 0 Å². The predicted octanol–water partition coefficient (Wildman–Crippen LogP) is 2.57. The van der Waals surface area contributed by atoms with Crippen LogP contribution in [0.2, 0.25) is 0 Å². The van der Waals surface area contributed by atoms with Crippen LogP contribution in [0.25, 0.3) is 0 Å². The van der Waals surface area contributed by atoms with Gasteiger partial charge in [0.2, 0.25) is 5.91 Å². The maximum absolute atomic E-state index is 12.5. The van der Waals surface area contributed by atoms with E-state index in [0.717, 1.165) is 31.0 Å². The number of hydrogen-bond acceptors (Lipinski definition) is 4. The van der Waals surface area contributed by atoms with Gasteiger partial charge in [-0.25, -0.2) is 0 Å². The summed E-state index contributed by atoms with van der Waals surface area (Å²) in [6.45, 7) is 2.56. The van der Waals surface area contributed by atoms with E-state index in [1.807, 2.05) is 24.3 Å². The molecular formula is C20H29N3O2S. The first-order chi connectivity index (χ1) is 12.7. The van der Waals surface area contributed by atoms with Crippen LogP contribution in [0.15, 0.2) is 29.2 Å². The highest BCUT2D eigenvalue weighted by molar-refractivity contribution is 8.00. The van der Waals surface area contributed by atoms with Gasteiger partial charge in [0, 0.05) is 24.0 Å². The topological polar surface area (TPSA) is 70.2 Å². The molecule has 142 valence electrons. The summed E-state index contributed by atoms with van der Waals surface area (Å²) in [5.41, 5.74) is 0.657. The average Bonchev–Trinajstić information content (AvgIpc) is 3.18. The molecule has 1 aliphatic heterocycles. The molecule has 6 heteroatoms. The Bertz CT molecular complexity index is 611. The van der Waals surface area contributed by atoms with Gasteiger partial charge in [0.05, 0.1) is 11.3 Å². The first kappa shape index (κ1) is 19.2. The van der Waals surface area contributed by atoms with Crippen molar-refractivity contribution < 1.29 is 9.59 Å². The summed E-state index contributed by atoms with van der Waals surface area (Å²) in [7, 11) is 0. The Hall–Kier alpha value is -1.53. The van der Waals surface area contributed by atoms with Crippen LogP contribution in [0.4, 0.5) is 0 Å². The summed E-state index contributed by atoms with van der Waals surface area (Å²) < 4.78 is 0. The molecule has 3 rings (SSSR count). The second-order valence-corrected chi connectivity index (χ2v) is 8.27. The van der Waals surface area contributed by atoms with E-state index in [0.29, 0.717) is 17.2 Å². The Balaban J connectivity index is 1.47. The van der Waals surface area contributed by atoms with Crippen molar-refractivity contribution in [2.45, 2.75) is 49.5 Å². The highest BCUT2D eigenvalue weighted by Crippen LogP contribution is 2.24. The number of carbonyl (C=O) groups excluding carboxylic acids is 2. The lowest BCUT2D eigenvalue weighted by Crippen LogP contribution is -2.36. The molecule has 2 aliphatic rings. The summed E-state index contributed by atoms with van der Waals surface area (Å²) in [6.07, 6.45) is 7.32. The van der Waals surface area contributed by atoms with E-state index in [1.165, 1.54) is 43.9 Å². The third-order valence-electron chi connectivity index (χ3n) is 5.20. The monoisotopic (exact) mass is 375 g/mol. The molecule has 2 fully saturated rings. The molecule has 1 saturated heterocycles. The first-order valence-corrected chi connectivity index (χ1v) is 10.7. The van der Waals surface area contributed by atoms with Crippen LogP contribution >= 0.6 is 11.8 Å². The Morgan fingerprint density at radius 1 is 1.12 bits per heavy atom. The van der Waals surface area contributed by atoms with Gasteiger partial charge >= 0.3 is 0 Å². The van der Waals surface area contributed by atoms with Gasteiger partial charge in [0.25, 0.3) is 5.91 Å². The molecule has 1 heterocycles. The van der Waals surface area contributed by atoms with E-state index >= 15 is 0 Å². The summed E-state index contributed by atoms with van der Waals surface area (Å²) in [5.74, 6) is 0.984. The van der Waals surface area contributed by atoms with Gasteiger partial charge in [-0.05, 0) is 43.9 Å². The number of benzene rings is 1. The number of thioether (sulfide) groups is 1. The molecule has 0 spiro atoms. The van der Waals surface area contributed by atoms with E-state index in [-0.39, 0.29) is 17.9 Å². The lowest BCUT2D eigenvalue weighted by molar-refractivity contribution is -0.118. The average molecular weight is 376 g/mol. The second-order valence-electron chi connectivity index (χ2n) is 7.26. The molecule has 1 aromatic carbocycles. The zero-order valence-corrected chi connectivity index (χ0v) is 16.1. The molecule has 0 aromatic heterocycles. The summed E-state index contributed by atoms with van der Waals surface area (Å²) in [6, 6.07) is 7.73. The lowest BCUT2D eigenvalue weighted by atomic mass is 9.89. The van der Waals surface area contributed by atoms with E-state index in [2.05, 4.69) is 16.0 Å². The fraction of sp³-hybridized carbons (Fsp3) is 0.600. The van der Waals surface area contributed by atoms with Crippen LogP contribution in [0, 0.1) is 5.92 Å². The van der Waals surface area contributed by atoms with Crippen molar-refractivity contribution in [2.75, 3.05) is 25.4 Å². The predicted molar refractivity (Wildman–Crippen MR) is 105 cm³/mol. The van der Waals surface area contributed by atoms with E-state index in [1.54, 1.807) is 0 Å². The van der Waals surface area contributed by atoms with Gasteiger partial charge in [0.1, 0.15) is 0 Å². The third kappa shape index (κ3) is 5.74. The number of nitrogens with one attached hydrogen (secondary N) is 3. The van der Waals surface area contributed by atoms with Gasteiger partial charge < -0.3 is 16.0 Å². The molecule has 0 radical (unpaired) electrons. The maximum atomic E-state index is 12.5. The van der Waals surface area contributed by atoms with E-state index < -0.39 is 0 Å². The van der Waals surface area contributed by atoms with Crippen molar-refractivity contribution in [3.05, 3.63) is 29.8 Å². The van der Waals surface area contributed by atoms with Gasteiger partial charge in [0.15, 0.2) is 0 Å². The molecule has 1 unspecified atom stereocenters. The number of carbonyl (C=O) groups is 2. The van der Waals surface area contributed by atoms with Crippen molar-refractivity contribution in [1.29, 1.82) is 0 Å². The third-order valence-corrected chi connectivity index (χ3v) is 6.27. The summed E-state index contributed by atoms with van der Waals surface area (Å²) >= 11 is 1.44. The smallest absolute Gasteiger partial charge is 0.252 e. The van der Waals surface area contributed by atoms with Crippen molar-refractivity contribution in [2.24, 2.45) is 5.92 Å². The fourth-order valence-corrected chi connectivity index (χ4v) is 4.54. The SMILES string of the molecule is O=C(CSc1ccccc1C(=O)NC1CCNC1)NCC1CCCCC1. The van der Waals surface area contributed by atoms with Gasteiger partial charge in [-0.3, -0.25) is 9.59 Å². The van der Waals surface area contributed by atoms with Crippen LogP contribution in [-0.4, -0.2) is 43.2 Å². The number of amides is 2. The minimum absolute atomic E-state index is 0.0515. The van der Waals surface area contributed by atoms with Crippen molar-refractivity contribution in [3.8, 4) is 0 Å². The minimum Gasteiger partial charge on any atom is -0.355 e. The van der Waals surface area contributed by atoms with Crippen LogP contribution in [0.1, 0.15) is 48.9 Å². The Labute approximate surface area is 160 Å². The second kappa shape index (κ2) is 9.97. The normalized spacial score (nSPS) is 20.7. The summed E-state index contributed by atoms with van der Waals surface area (Å²) in [5, 5.41) is 9.39. The van der Waals surface area contributed by atoms with Gasteiger partial charge in [-0.15, -0.1) is 11.8 Å². The zero-order valence-electron chi connectivity index (χ0n) is 15.3. The molecule has 0 bridgehead atoms. The lowest BCUT2D eigenvalue weighted by Gasteiger charge is -2.21. The van der Waals surface area contributed by atoms with E-state index in [4.69, 9.17) is 0 Å². The Morgan fingerprint density at radius 3 is 2.69 bits per heavy atom. The fourth-order valence-electron chi connectivity index (χ4n) is 3.66. The maximum Gasteiger partial charge on any atom is 0.252 e. The van der Waals surface area contributed by atoms with Crippen LogP contribution in [-0.2, 0) is 4.79 Å². The molecule has 3 N–H and O–H groups in total. The van der Waals surface area contributed by atoms with Crippen molar-refractivity contribution in [1.82, 2.24) is 16.0 Å².